The summed E-state index contributed by atoms with van der Waals surface area (Å²) in [5, 5.41) is 15.9. The second-order valence-corrected chi connectivity index (χ2v) is 8.37. The smallest absolute Gasteiger partial charge is 0.237 e. The van der Waals surface area contributed by atoms with Crippen LogP contribution in [0.5, 0.6) is 0 Å². The van der Waals surface area contributed by atoms with E-state index < -0.39 is 0 Å². The summed E-state index contributed by atoms with van der Waals surface area (Å²) in [6, 6.07) is 15.3. The average Bonchev–Trinajstić information content (AvgIpc) is 3.09. The molecule has 0 spiro atoms. The van der Waals surface area contributed by atoms with Gasteiger partial charge in [-0.15, -0.1) is 10.2 Å². The van der Waals surface area contributed by atoms with Gasteiger partial charge in [0, 0.05) is 22.9 Å². The summed E-state index contributed by atoms with van der Waals surface area (Å²) in [6.07, 6.45) is 0. The minimum Gasteiger partial charge on any atom is -0.378 e. The Morgan fingerprint density at radius 3 is 2.62 bits per heavy atom. The summed E-state index contributed by atoms with van der Waals surface area (Å²) in [5.41, 5.74) is 2.86. The van der Waals surface area contributed by atoms with Crippen LogP contribution in [0.2, 0.25) is 5.02 Å². The number of carbonyl (C=O) groups is 1. The fourth-order valence-electron chi connectivity index (χ4n) is 2.73. The van der Waals surface area contributed by atoms with Gasteiger partial charge in [0.15, 0.2) is 11.0 Å². The zero-order valence-corrected chi connectivity index (χ0v) is 18.2. The monoisotopic (exact) mass is 429 g/mol. The van der Waals surface area contributed by atoms with Crippen molar-refractivity contribution in [2.24, 2.45) is 0 Å². The zero-order valence-electron chi connectivity index (χ0n) is 16.6. The molecule has 3 rings (SSSR count). The lowest BCUT2D eigenvalue weighted by molar-refractivity contribution is -0.115. The predicted molar refractivity (Wildman–Crippen MR) is 120 cm³/mol. The SMILES string of the molecule is CCn1c(CNc2cccc(Cl)c2)nnc1SC(C)C(=O)Nc1ccc(C)cc1. The minimum atomic E-state index is -0.306. The zero-order chi connectivity index (χ0) is 20.8. The first kappa shape index (κ1) is 21.2. The number of nitrogens with one attached hydrogen (secondary N) is 2. The summed E-state index contributed by atoms with van der Waals surface area (Å²) in [4.78, 5) is 12.5. The fraction of sp³-hybridized carbons (Fsp3) is 0.286. The maximum atomic E-state index is 12.5. The number of hydrogen-bond acceptors (Lipinski definition) is 5. The first-order valence-electron chi connectivity index (χ1n) is 9.42. The molecule has 6 nitrogen and oxygen atoms in total. The molecule has 29 heavy (non-hydrogen) atoms. The number of benzene rings is 2. The molecule has 0 aliphatic rings. The molecule has 0 saturated heterocycles. The number of halogens is 1. The first-order chi connectivity index (χ1) is 14.0. The molecule has 0 aliphatic heterocycles. The molecule has 1 amide bonds. The summed E-state index contributed by atoms with van der Waals surface area (Å²) < 4.78 is 2.01. The highest BCUT2D eigenvalue weighted by Gasteiger charge is 2.19. The van der Waals surface area contributed by atoms with E-state index in [0.717, 1.165) is 27.9 Å². The third-order valence-corrected chi connectivity index (χ3v) is 5.67. The van der Waals surface area contributed by atoms with Crippen molar-refractivity contribution in [2.45, 2.75) is 44.3 Å². The number of amides is 1. The van der Waals surface area contributed by atoms with Crippen LogP contribution in [0.4, 0.5) is 11.4 Å². The van der Waals surface area contributed by atoms with Crippen LogP contribution in [0.1, 0.15) is 25.2 Å². The Hall–Kier alpha value is -2.51. The van der Waals surface area contributed by atoms with Gasteiger partial charge in [-0.2, -0.15) is 0 Å². The Morgan fingerprint density at radius 1 is 1.17 bits per heavy atom. The van der Waals surface area contributed by atoms with Crippen LogP contribution < -0.4 is 10.6 Å². The Morgan fingerprint density at radius 2 is 1.93 bits per heavy atom. The topological polar surface area (TPSA) is 71.8 Å². The molecule has 1 heterocycles. The lowest BCUT2D eigenvalue weighted by Crippen LogP contribution is -2.23. The van der Waals surface area contributed by atoms with Crippen molar-refractivity contribution in [3.05, 3.63) is 64.9 Å². The van der Waals surface area contributed by atoms with Crippen molar-refractivity contribution in [2.75, 3.05) is 10.6 Å². The van der Waals surface area contributed by atoms with E-state index in [0.29, 0.717) is 18.1 Å². The van der Waals surface area contributed by atoms with Gasteiger partial charge in [-0.05, 0) is 51.1 Å². The predicted octanol–water partition coefficient (Wildman–Crippen LogP) is 4.99. The number of hydrogen-bond donors (Lipinski definition) is 2. The molecular weight excluding hydrogens is 406 g/mol. The number of rotatable bonds is 8. The van der Waals surface area contributed by atoms with Crippen LogP contribution in [0.25, 0.3) is 0 Å². The van der Waals surface area contributed by atoms with E-state index in [9.17, 15) is 4.79 Å². The standard InChI is InChI=1S/C21H24ClN5OS/c1-4-27-19(13-23-18-7-5-6-16(22)12-18)25-26-21(27)29-15(3)20(28)24-17-10-8-14(2)9-11-17/h5-12,15,23H,4,13H2,1-3H3,(H,24,28). The van der Waals surface area contributed by atoms with Crippen molar-refractivity contribution in [3.63, 3.8) is 0 Å². The number of nitrogens with zero attached hydrogens (tertiary/aromatic N) is 3. The highest BCUT2D eigenvalue weighted by molar-refractivity contribution is 8.00. The van der Waals surface area contributed by atoms with E-state index in [2.05, 4.69) is 20.8 Å². The van der Waals surface area contributed by atoms with Crippen LogP contribution in [0, 0.1) is 6.92 Å². The number of thioether (sulfide) groups is 1. The highest BCUT2D eigenvalue weighted by atomic mass is 35.5. The van der Waals surface area contributed by atoms with Crippen LogP contribution in [-0.4, -0.2) is 25.9 Å². The summed E-state index contributed by atoms with van der Waals surface area (Å²) in [7, 11) is 0. The molecule has 0 bridgehead atoms. The van der Waals surface area contributed by atoms with Gasteiger partial charge in [-0.25, -0.2) is 0 Å². The molecule has 1 aromatic heterocycles. The Kier molecular flexibility index (Phi) is 7.17. The minimum absolute atomic E-state index is 0.0666. The van der Waals surface area contributed by atoms with Gasteiger partial charge < -0.3 is 15.2 Å². The van der Waals surface area contributed by atoms with E-state index in [4.69, 9.17) is 11.6 Å². The lowest BCUT2D eigenvalue weighted by Gasteiger charge is -2.13. The Labute approximate surface area is 180 Å². The average molecular weight is 430 g/mol. The van der Waals surface area contributed by atoms with Crippen molar-refractivity contribution >= 4 is 40.6 Å². The van der Waals surface area contributed by atoms with Gasteiger partial charge in [-0.3, -0.25) is 4.79 Å². The van der Waals surface area contributed by atoms with E-state index in [1.54, 1.807) is 0 Å². The number of aromatic nitrogens is 3. The second kappa shape index (κ2) is 9.80. The summed E-state index contributed by atoms with van der Waals surface area (Å²) in [5.74, 6) is 0.740. The van der Waals surface area contributed by atoms with Crippen molar-refractivity contribution in [1.82, 2.24) is 14.8 Å². The third kappa shape index (κ3) is 5.74. The summed E-state index contributed by atoms with van der Waals surface area (Å²) >= 11 is 7.43. The quantitative estimate of drug-likeness (QED) is 0.493. The molecule has 8 heteroatoms. The molecule has 2 N–H and O–H groups in total. The van der Waals surface area contributed by atoms with Crippen LogP contribution in [0.15, 0.2) is 53.7 Å². The van der Waals surface area contributed by atoms with Gasteiger partial charge in [0.1, 0.15) is 0 Å². The van der Waals surface area contributed by atoms with E-state index >= 15 is 0 Å². The van der Waals surface area contributed by atoms with Crippen molar-refractivity contribution in [1.29, 1.82) is 0 Å². The molecule has 0 aliphatic carbocycles. The van der Waals surface area contributed by atoms with Gasteiger partial charge in [0.2, 0.25) is 5.91 Å². The van der Waals surface area contributed by atoms with Gasteiger partial charge in [0.05, 0.1) is 11.8 Å². The van der Waals surface area contributed by atoms with E-state index in [-0.39, 0.29) is 11.2 Å². The van der Waals surface area contributed by atoms with E-state index in [1.807, 2.05) is 73.9 Å². The molecule has 0 saturated carbocycles. The Balaban J connectivity index is 1.62. The molecule has 1 unspecified atom stereocenters. The van der Waals surface area contributed by atoms with Crippen LogP contribution >= 0.6 is 23.4 Å². The molecule has 0 radical (unpaired) electrons. The fourth-order valence-corrected chi connectivity index (χ4v) is 3.85. The van der Waals surface area contributed by atoms with Crippen LogP contribution in [-0.2, 0) is 17.9 Å². The normalized spacial score (nSPS) is 11.9. The maximum Gasteiger partial charge on any atom is 0.237 e. The summed E-state index contributed by atoms with van der Waals surface area (Å²) in [6.45, 7) is 7.15. The van der Waals surface area contributed by atoms with E-state index in [1.165, 1.54) is 11.8 Å². The second-order valence-electron chi connectivity index (χ2n) is 6.62. The molecule has 152 valence electrons. The van der Waals surface area contributed by atoms with Gasteiger partial charge >= 0.3 is 0 Å². The van der Waals surface area contributed by atoms with Crippen molar-refractivity contribution in [3.8, 4) is 0 Å². The largest absolute Gasteiger partial charge is 0.378 e. The molecule has 3 aromatic rings. The molecule has 0 fully saturated rings. The van der Waals surface area contributed by atoms with Crippen molar-refractivity contribution < 1.29 is 4.79 Å². The Bertz CT molecular complexity index is 973. The number of aryl methyl sites for hydroxylation is 1. The van der Waals surface area contributed by atoms with Crippen LogP contribution in [0.3, 0.4) is 0 Å². The molecule has 2 aromatic carbocycles. The third-order valence-electron chi connectivity index (χ3n) is 4.36. The maximum absolute atomic E-state index is 12.5. The molecule has 1 atom stereocenters. The number of anilines is 2. The van der Waals surface area contributed by atoms with Gasteiger partial charge in [0.25, 0.3) is 0 Å². The van der Waals surface area contributed by atoms with Gasteiger partial charge in [-0.1, -0.05) is 47.1 Å². The number of carbonyl (C=O) groups excluding carboxylic acids is 1. The molecular formula is C21H24ClN5OS. The highest BCUT2D eigenvalue weighted by Crippen LogP contribution is 2.24. The first-order valence-corrected chi connectivity index (χ1v) is 10.7. The lowest BCUT2D eigenvalue weighted by atomic mass is 10.2.